The van der Waals surface area contributed by atoms with Gasteiger partial charge < -0.3 is 40.9 Å². The Morgan fingerprint density at radius 1 is 0.359 bits per heavy atom. The Labute approximate surface area is 368 Å². The van der Waals surface area contributed by atoms with Gasteiger partial charge in [-0.25, -0.2) is 0 Å². The second kappa shape index (κ2) is 17.7. The fourth-order valence-electron chi connectivity index (χ4n) is 8.82. The van der Waals surface area contributed by atoms with Crippen molar-refractivity contribution in [2.75, 3.05) is 0 Å². The molecule has 4 aromatic carbocycles. The van der Waals surface area contributed by atoms with Crippen LogP contribution in [0, 0.1) is 0 Å². The number of hydrogen-bond acceptors (Lipinski definition) is 16. The lowest BCUT2D eigenvalue weighted by Gasteiger charge is -2.37. The summed E-state index contributed by atoms with van der Waals surface area (Å²) in [7, 11) is -20.6. The van der Waals surface area contributed by atoms with Crippen LogP contribution in [-0.2, 0) is 63.5 Å². The van der Waals surface area contributed by atoms with Crippen LogP contribution in [0.25, 0.3) is 0 Å². The molecular weight excluding hydrogens is 929 g/mol. The van der Waals surface area contributed by atoms with Crippen LogP contribution in [0.3, 0.4) is 0 Å². The first-order valence-corrected chi connectivity index (χ1v) is 25.9. The van der Waals surface area contributed by atoms with Gasteiger partial charge in [0.25, 0.3) is 40.5 Å². The summed E-state index contributed by atoms with van der Waals surface area (Å²) in [6.07, 6.45) is -1.05. The number of aromatic hydroxyl groups is 4. The van der Waals surface area contributed by atoms with Gasteiger partial charge in [0.1, 0.15) is 34.5 Å². The molecule has 1 aliphatic carbocycles. The molecule has 0 saturated heterocycles. The van der Waals surface area contributed by atoms with Crippen molar-refractivity contribution in [3.8, 4) is 46.0 Å². The molecule has 64 heavy (non-hydrogen) atoms. The molecule has 352 valence electrons. The topological polar surface area (TPSA) is 391 Å². The molecule has 20 nitrogen and oxygen atoms in total. The number of phenols is 4. The van der Waals surface area contributed by atoms with E-state index in [9.17, 15) is 92.7 Å². The minimum Gasteiger partial charge on any atom is -0.872 e. The zero-order chi connectivity index (χ0) is 48.3. The quantitative estimate of drug-likeness (QED) is 0.0946. The predicted molar refractivity (Wildman–Crippen MR) is 220 cm³/mol. The Bertz CT molecular complexity index is 2480. The van der Waals surface area contributed by atoms with Crippen LogP contribution in [0.5, 0.6) is 46.0 Å². The summed E-state index contributed by atoms with van der Waals surface area (Å²) in [6.45, 7) is 5.72. The third kappa shape index (κ3) is 9.78. The van der Waals surface area contributed by atoms with E-state index in [-0.39, 0.29) is 36.8 Å². The maximum atomic E-state index is 14.4. The van der Waals surface area contributed by atoms with Crippen LogP contribution in [0.2, 0.25) is 0 Å². The zero-order valence-corrected chi connectivity index (χ0v) is 37.7. The third-order valence-corrected chi connectivity index (χ3v) is 14.2. The molecule has 0 fully saturated rings. The maximum Gasteiger partial charge on any atom is 0.269 e. The van der Waals surface area contributed by atoms with Crippen LogP contribution >= 0.6 is 0 Å². The van der Waals surface area contributed by atoms with E-state index in [4.69, 9.17) is 0 Å². The first kappa shape index (κ1) is 49.9. The van der Waals surface area contributed by atoms with Gasteiger partial charge in [-0.15, -0.1) is 23.0 Å². The highest BCUT2D eigenvalue weighted by Crippen LogP contribution is 2.54. The van der Waals surface area contributed by atoms with Crippen molar-refractivity contribution < 1.29 is 92.7 Å². The van der Waals surface area contributed by atoms with E-state index < -0.39 is 189 Å². The molecule has 8 bridgehead atoms. The first-order chi connectivity index (χ1) is 29.4. The molecule has 0 spiro atoms. The van der Waals surface area contributed by atoms with E-state index in [0.29, 0.717) is 0 Å². The van der Waals surface area contributed by atoms with Gasteiger partial charge >= 0.3 is 0 Å². The summed E-state index contributed by atoms with van der Waals surface area (Å²) in [5.41, 5.74) is -7.42. The number of phenolic OH excluding ortho intramolecular Hbond substituents is 4. The second-order valence-electron chi connectivity index (χ2n) is 15.6. The number of rotatable bonds is 12. The van der Waals surface area contributed by atoms with E-state index >= 15 is 0 Å². The van der Waals surface area contributed by atoms with Gasteiger partial charge in [-0.1, -0.05) is 39.8 Å². The Morgan fingerprint density at radius 3 is 0.734 bits per heavy atom. The molecule has 0 amide bonds. The van der Waals surface area contributed by atoms with Crippen molar-refractivity contribution in [3.05, 3.63) is 91.0 Å². The number of hydrogen-bond donors (Lipinski definition) is 8. The molecule has 2 atom stereocenters. The summed E-state index contributed by atoms with van der Waals surface area (Å²) in [5, 5.41) is 104. The lowest BCUT2D eigenvalue weighted by Crippen LogP contribution is -2.20. The minimum atomic E-state index is -5.20. The van der Waals surface area contributed by atoms with Crippen molar-refractivity contribution in [1.82, 2.24) is 0 Å². The SMILES string of the molecule is CCC1c2cc(c([O-])c(CS(=O)(=O)O)c2[O-])C(CC)c2cc(c(O)c(CS(=O)(=O)O)c2O)C(CC)c2cc(c(O)c(CS(=O)(=O)O)c2O)C(CC)c2cc1c([O-])c(CS(=O)(=O)O)c2[O-]. The molecule has 5 rings (SSSR count). The molecule has 2 unspecified atom stereocenters. The minimum absolute atomic E-state index is 0.224. The summed E-state index contributed by atoms with van der Waals surface area (Å²) in [5.74, 6) is -21.5. The smallest absolute Gasteiger partial charge is 0.269 e. The van der Waals surface area contributed by atoms with E-state index in [1.165, 1.54) is 27.7 Å². The number of fused-ring (bicyclic) bond motifs is 8. The zero-order valence-electron chi connectivity index (χ0n) is 34.4. The summed E-state index contributed by atoms with van der Waals surface area (Å²) >= 11 is 0. The Balaban J connectivity index is 2.18. The molecule has 24 heteroatoms. The highest BCUT2D eigenvalue weighted by molar-refractivity contribution is 7.85. The van der Waals surface area contributed by atoms with E-state index in [2.05, 4.69) is 0 Å². The van der Waals surface area contributed by atoms with Crippen LogP contribution in [0.4, 0.5) is 0 Å². The van der Waals surface area contributed by atoms with Crippen molar-refractivity contribution in [2.24, 2.45) is 0 Å². The summed E-state index contributed by atoms with van der Waals surface area (Å²) < 4.78 is 139. The van der Waals surface area contributed by atoms with Crippen LogP contribution < -0.4 is 20.4 Å². The largest absolute Gasteiger partial charge is 0.872 e. The predicted octanol–water partition coefficient (Wildman–Crippen LogP) is 2.84. The first-order valence-electron chi connectivity index (χ1n) is 19.4. The van der Waals surface area contributed by atoms with Gasteiger partial charge in [-0.2, -0.15) is 33.7 Å². The third-order valence-electron chi connectivity index (χ3n) is 11.6. The molecule has 0 aromatic heterocycles. The summed E-state index contributed by atoms with van der Waals surface area (Å²) in [4.78, 5) is 0. The van der Waals surface area contributed by atoms with Crippen LogP contribution in [0.15, 0.2) is 24.3 Å². The highest BCUT2D eigenvalue weighted by Gasteiger charge is 2.35. The maximum absolute atomic E-state index is 14.4. The lowest BCUT2D eigenvalue weighted by molar-refractivity contribution is -0.283. The molecular formula is C40H44O20S4-4. The average molecular weight is 973 g/mol. The second-order valence-corrected chi connectivity index (χ2v) is 21.4. The van der Waals surface area contributed by atoms with Crippen molar-refractivity contribution >= 4 is 40.5 Å². The van der Waals surface area contributed by atoms with Crippen molar-refractivity contribution in [1.29, 1.82) is 0 Å². The van der Waals surface area contributed by atoms with Gasteiger partial charge in [0.2, 0.25) is 0 Å². The fraction of sp³-hybridized carbons (Fsp3) is 0.400. The Hall–Kier alpha value is -5.08. The van der Waals surface area contributed by atoms with Gasteiger partial charge in [-0.05, 0) is 71.2 Å². The molecule has 4 aromatic rings. The number of benzene rings is 4. The average Bonchev–Trinajstić information content (AvgIpc) is 3.16. The molecule has 8 N–H and O–H groups in total. The van der Waals surface area contributed by atoms with Gasteiger partial charge in [0, 0.05) is 45.9 Å². The molecule has 0 saturated carbocycles. The Kier molecular flexibility index (Phi) is 13.8. The lowest BCUT2D eigenvalue weighted by atomic mass is 9.76. The molecule has 1 aliphatic rings. The van der Waals surface area contributed by atoms with Crippen molar-refractivity contribution in [2.45, 2.75) is 100 Å². The van der Waals surface area contributed by atoms with E-state index in [1.807, 2.05) is 0 Å². The normalized spacial score (nSPS) is 18.2. The fourth-order valence-corrected chi connectivity index (χ4v) is 11.4. The highest BCUT2D eigenvalue weighted by atomic mass is 32.2. The van der Waals surface area contributed by atoms with E-state index in [1.54, 1.807) is 0 Å². The van der Waals surface area contributed by atoms with Crippen molar-refractivity contribution in [3.63, 3.8) is 0 Å². The molecule has 0 heterocycles. The van der Waals surface area contributed by atoms with E-state index in [0.717, 1.165) is 24.3 Å². The Morgan fingerprint density at radius 2 is 0.531 bits per heavy atom. The molecule has 0 aliphatic heterocycles. The van der Waals surface area contributed by atoms with Gasteiger partial charge in [-0.3, -0.25) is 18.2 Å². The van der Waals surface area contributed by atoms with Crippen LogP contribution in [-0.4, -0.2) is 72.3 Å². The molecule has 0 radical (unpaired) electrons. The standard InChI is InChI=1S/C40H48O20S4/c1-5-17-21-9-23(35(43)29(33(21)41)13-61(49,50)51)18(6-2)25-11-27(39(47)31(37(25)45)15-63(55,56)57)20(8-4)28-12-26(38(46)32(40(28)48)16-64(58,59)60)19(7-3)24-10-22(17)34(42)30(36(24)44)14-62(52,53)54/h9-12,17-20,41-48H,5-8,13-16H2,1-4H3,(H,49,50,51)(H,52,53,54)(H,55,56,57)(H,58,59,60)/p-4. The summed E-state index contributed by atoms with van der Waals surface area (Å²) in [6, 6.07) is 4.06. The van der Waals surface area contributed by atoms with Crippen LogP contribution in [0.1, 0.15) is 144 Å². The van der Waals surface area contributed by atoms with Gasteiger partial charge in [0.05, 0.1) is 22.6 Å². The van der Waals surface area contributed by atoms with Gasteiger partial charge in [0.15, 0.2) is 0 Å². The monoisotopic (exact) mass is 972 g/mol.